The van der Waals surface area contributed by atoms with Gasteiger partial charge in [-0.2, -0.15) is 0 Å². The van der Waals surface area contributed by atoms with Crippen molar-refractivity contribution >= 4 is 56.5 Å². The molecule has 0 unspecified atom stereocenters. The molecular formula is C17H17BrClN3O2S. The van der Waals surface area contributed by atoms with Gasteiger partial charge in [-0.1, -0.05) is 40.9 Å². The van der Waals surface area contributed by atoms with Crippen LogP contribution in [0.3, 0.4) is 0 Å². The first-order valence-electron chi connectivity index (χ1n) is 7.66. The van der Waals surface area contributed by atoms with E-state index in [-0.39, 0.29) is 11.0 Å². The summed E-state index contributed by atoms with van der Waals surface area (Å²) in [6.45, 7) is 2.63. The molecule has 5 nitrogen and oxygen atoms in total. The second kappa shape index (κ2) is 9.70. The summed E-state index contributed by atoms with van der Waals surface area (Å²) in [5.74, 6) is 0.164. The van der Waals surface area contributed by atoms with Gasteiger partial charge in [-0.15, -0.1) is 0 Å². The maximum Gasteiger partial charge on any atom is 0.261 e. The molecule has 0 spiro atoms. The molecule has 1 amide bonds. The Bertz CT molecular complexity index is 756. The molecule has 0 saturated carbocycles. The topological polar surface area (TPSA) is 63.2 Å². The molecule has 25 heavy (non-hydrogen) atoms. The summed E-state index contributed by atoms with van der Waals surface area (Å²) >= 11 is 14.3. The number of unbranched alkanes of at least 4 members (excludes halogenated alkanes) is 1. The van der Waals surface area contributed by atoms with Gasteiger partial charge in [0.15, 0.2) is 5.11 Å². The number of hydrogen-bond donors (Lipinski definition) is 2. The number of carbonyl (C=O) groups is 1. The van der Waals surface area contributed by atoms with E-state index in [0.29, 0.717) is 28.8 Å². The van der Waals surface area contributed by atoms with Crippen LogP contribution < -0.4 is 15.4 Å². The third-order valence-electron chi connectivity index (χ3n) is 3.15. The number of pyridine rings is 1. The SMILES string of the molecule is CCCCOc1ccc(Br)cc1C(=O)NC(=S)Nc1ccc(Cl)nc1. The van der Waals surface area contributed by atoms with Gasteiger partial charge in [-0.05, 0) is 49.0 Å². The first kappa shape index (κ1) is 19.6. The molecule has 2 rings (SSSR count). The van der Waals surface area contributed by atoms with Crippen LogP contribution in [-0.2, 0) is 0 Å². The van der Waals surface area contributed by atoms with Gasteiger partial charge in [-0.3, -0.25) is 10.1 Å². The summed E-state index contributed by atoms with van der Waals surface area (Å²) in [4.78, 5) is 16.5. The van der Waals surface area contributed by atoms with E-state index < -0.39 is 0 Å². The molecule has 1 aromatic carbocycles. The van der Waals surface area contributed by atoms with E-state index in [0.717, 1.165) is 17.3 Å². The van der Waals surface area contributed by atoms with Crippen molar-refractivity contribution in [3.8, 4) is 5.75 Å². The van der Waals surface area contributed by atoms with Crippen LogP contribution in [0.25, 0.3) is 0 Å². The van der Waals surface area contributed by atoms with Gasteiger partial charge in [0.05, 0.1) is 24.1 Å². The van der Waals surface area contributed by atoms with Crippen molar-refractivity contribution in [1.82, 2.24) is 10.3 Å². The summed E-state index contributed by atoms with van der Waals surface area (Å²) in [7, 11) is 0. The van der Waals surface area contributed by atoms with Crippen LogP contribution in [0, 0.1) is 0 Å². The van der Waals surface area contributed by atoms with Gasteiger partial charge < -0.3 is 10.1 Å². The number of aromatic nitrogens is 1. The Hall–Kier alpha value is -1.70. The summed E-state index contributed by atoms with van der Waals surface area (Å²) in [5, 5.41) is 6.06. The molecule has 0 aliphatic heterocycles. The highest BCUT2D eigenvalue weighted by atomic mass is 79.9. The van der Waals surface area contributed by atoms with Crippen LogP contribution >= 0.6 is 39.7 Å². The number of halogens is 2. The zero-order valence-electron chi connectivity index (χ0n) is 13.5. The maximum atomic E-state index is 12.5. The maximum absolute atomic E-state index is 12.5. The first-order valence-corrected chi connectivity index (χ1v) is 9.23. The van der Waals surface area contributed by atoms with Crippen molar-refractivity contribution in [2.45, 2.75) is 19.8 Å². The molecule has 0 saturated heterocycles. The predicted octanol–water partition coefficient (Wildman–Crippen LogP) is 4.80. The molecule has 0 aliphatic carbocycles. The second-order valence-electron chi connectivity index (χ2n) is 5.12. The average molecular weight is 443 g/mol. The van der Waals surface area contributed by atoms with E-state index in [9.17, 15) is 4.79 Å². The largest absolute Gasteiger partial charge is 0.493 e. The number of rotatable bonds is 6. The van der Waals surface area contributed by atoms with E-state index in [2.05, 4.69) is 38.5 Å². The van der Waals surface area contributed by atoms with Crippen LogP contribution in [0.4, 0.5) is 5.69 Å². The number of nitrogens with one attached hydrogen (secondary N) is 2. The number of amides is 1. The zero-order chi connectivity index (χ0) is 18.2. The Labute approximate surface area is 165 Å². The van der Waals surface area contributed by atoms with Crippen molar-refractivity contribution in [2.75, 3.05) is 11.9 Å². The molecule has 1 aromatic heterocycles. The Morgan fingerprint density at radius 3 is 2.84 bits per heavy atom. The number of benzene rings is 1. The average Bonchev–Trinajstić information content (AvgIpc) is 2.58. The fourth-order valence-corrected chi connectivity index (χ4v) is 2.60. The van der Waals surface area contributed by atoms with E-state index in [1.807, 2.05) is 6.07 Å². The Kier molecular flexibility index (Phi) is 7.61. The van der Waals surface area contributed by atoms with Gasteiger partial charge in [0.1, 0.15) is 10.9 Å². The standard InChI is InChI=1S/C17H17BrClN3O2S/c1-2-3-8-24-14-6-4-11(18)9-13(14)16(23)22-17(25)21-12-5-7-15(19)20-10-12/h4-7,9-10H,2-3,8H2,1H3,(H2,21,22,23,25). The lowest BCUT2D eigenvalue weighted by molar-refractivity contribution is 0.0973. The number of nitrogens with zero attached hydrogens (tertiary/aromatic N) is 1. The summed E-state index contributed by atoms with van der Waals surface area (Å²) in [5.41, 5.74) is 1.03. The lowest BCUT2D eigenvalue weighted by atomic mass is 10.2. The predicted molar refractivity (Wildman–Crippen MR) is 107 cm³/mol. The van der Waals surface area contributed by atoms with Gasteiger partial charge in [0.2, 0.25) is 0 Å². The highest BCUT2D eigenvalue weighted by molar-refractivity contribution is 9.10. The Morgan fingerprint density at radius 1 is 1.36 bits per heavy atom. The normalized spacial score (nSPS) is 10.2. The molecule has 0 bridgehead atoms. The van der Waals surface area contributed by atoms with Gasteiger partial charge in [0.25, 0.3) is 5.91 Å². The lowest BCUT2D eigenvalue weighted by Crippen LogP contribution is -2.34. The summed E-state index contributed by atoms with van der Waals surface area (Å²) in [6, 6.07) is 8.62. The summed E-state index contributed by atoms with van der Waals surface area (Å²) in [6.07, 6.45) is 3.46. The molecule has 1 heterocycles. The number of thiocarbonyl (C=S) groups is 1. The molecule has 2 N–H and O–H groups in total. The lowest BCUT2D eigenvalue weighted by Gasteiger charge is -2.13. The van der Waals surface area contributed by atoms with Gasteiger partial charge in [0, 0.05) is 4.47 Å². The van der Waals surface area contributed by atoms with E-state index in [1.165, 1.54) is 6.20 Å². The monoisotopic (exact) mass is 441 g/mol. The highest BCUT2D eigenvalue weighted by Gasteiger charge is 2.15. The van der Waals surface area contributed by atoms with Crippen molar-refractivity contribution in [2.24, 2.45) is 0 Å². The number of ether oxygens (including phenoxy) is 1. The van der Waals surface area contributed by atoms with Gasteiger partial charge >= 0.3 is 0 Å². The smallest absolute Gasteiger partial charge is 0.261 e. The third-order valence-corrected chi connectivity index (χ3v) is 4.07. The minimum Gasteiger partial charge on any atom is -0.493 e. The van der Waals surface area contributed by atoms with Crippen LogP contribution in [-0.4, -0.2) is 22.6 Å². The Morgan fingerprint density at radius 2 is 2.16 bits per heavy atom. The van der Waals surface area contributed by atoms with Crippen molar-refractivity contribution in [1.29, 1.82) is 0 Å². The van der Waals surface area contributed by atoms with Crippen LogP contribution in [0.2, 0.25) is 5.15 Å². The molecule has 0 atom stereocenters. The molecule has 2 aromatic rings. The number of carbonyl (C=O) groups excluding carboxylic acids is 1. The van der Waals surface area contributed by atoms with Gasteiger partial charge in [-0.25, -0.2) is 4.98 Å². The molecule has 0 fully saturated rings. The van der Waals surface area contributed by atoms with E-state index in [1.54, 1.807) is 24.3 Å². The van der Waals surface area contributed by atoms with Crippen molar-refractivity contribution in [3.63, 3.8) is 0 Å². The van der Waals surface area contributed by atoms with Crippen LogP contribution in [0.15, 0.2) is 41.0 Å². The first-order chi connectivity index (χ1) is 12.0. The quantitative estimate of drug-likeness (QED) is 0.382. The molecule has 0 radical (unpaired) electrons. The zero-order valence-corrected chi connectivity index (χ0v) is 16.7. The third kappa shape index (κ3) is 6.26. The summed E-state index contributed by atoms with van der Waals surface area (Å²) < 4.78 is 6.48. The Balaban J connectivity index is 2.04. The molecular weight excluding hydrogens is 426 g/mol. The van der Waals surface area contributed by atoms with Crippen LogP contribution in [0.5, 0.6) is 5.75 Å². The minimum absolute atomic E-state index is 0.161. The second-order valence-corrected chi connectivity index (χ2v) is 6.83. The van der Waals surface area contributed by atoms with Crippen molar-refractivity contribution in [3.05, 3.63) is 51.7 Å². The van der Waals surface area contributed by atoms with E-state index >= 15 is 0 Å². The molecule has 8 heteroatoms. The fourth-order valence-electron chi connectivity index (χ4n) is 1.91. The number of anilines is 1. The molecule has 0 aliphatic rings. The van der Waals surface area contributed by atoms with E-state index in [4.69, 9.17) is 28.6 Å². The number of hydrogen-bond acceptors (Lipinski definition) is 4. The highest BCUT2D eigenvalue weighted by Crippen LogP contribution is 2.23. The van der Waals surface area contributed by atoms with Crippen molar-refractivity contribution < 1.29 is 9.53 Å². The fraction of sp³-hybridized carbons (Fsp3) is 0.235. The van der Waals surface area contributed by atoms with Crippen LogP contribution in [0.1, 0.15) is 30.1 Å². The minimum atomic E-state index is -0.354. The molecule has 132 valence electrons.